The van der Waals surface area contributed by atoms with Gasteiger partial charge < -0.3 is 24.1 Å². The van der Waals surface area contributed by atoms with Crippen molar-refractivity contribution in [2.24, 2.45) is 24.9 Å². The van der Waals surface area contributed by atoms with Crippen molar-refractivity contribution in [1.29, 1.82) is 0 Å². The van der Waals surface area contributed by atoms with E-state index in [0.717, 1.165) is 58.9 Å². The minimum absolute atomic E-state index is 0.0909. The van der Waals surface area contributed by atoms with Crippen LogP contribution in [-0.4, -0.2) is 63.5 Å². The number of ketones is 2. The highest BCUT2D eigenvalue weighted by molar-refractivity contribution is 6.04. The summed E-state index contributed by atoms with van der Waals surface area (Å²) in [4.78, 5) is 41.7. The normalized spacial score (nSPS) is 19.7. The van der Waals surface area contributed by atoms with Gasteiger partial charge in [0.2, 0.25) is 0 Å². The number of hydrogen-bond acceptors (Lipinski definition) is 5. The molecule has 0 spiro atoms. The fourth-order valence-electron chi connectivity index (χ4n) is 8.36. The number of aryl methyl sites for hydroxylation is 2. The van der Waals surface area contributed by atoms with Gasteiger partial charge in [0.15, 0.2) is 11.6 Å². The summed E-state index contributed by atoms with van der Waals surface area (Å²) in [5.41, 5.74) is 4.55. The zero-order chi connectivity index (χ0) is 38.8. The number of amides is 1. The lowest BCUT2D eigenvalue weighted by Gasteiger charge is -2.29. The zero-order valence-electron chi connectivity index (χ0n) is 32.7. The molecule has 2 aliphatic heterocycles. The molecule has 0 radical (unpaired) electrons. The average molecular weight is 737 g/mol. The topological polar surface area (TPSA) is 85.6 Å². The predicted molar refractivity (Wildman–Crippen MR) is 220 cm³/mol. The van der Waals surface area contributed by atoms with Crippen molar-refractivity contribution in [2.45, 2.75) is 52.1 Å². The van der Waals surface area contributed by atoms with E-state index in [1.54, 1.807) is 4.90 Å². The van der Waals surface area contributed by atoms with E-state index in [9.17, 15) is 14.4 Å². The average Bonchev–Trinajstić information content (AvgIpc) is 3.99. The van der Waals surface area contributed by atoms with Crippen LogP contribution in [0.5, 0.6) is 0 Å². The van der Waals surface area contributed by atoms with E-state index in [1.165, 1.54) is 5.56 Å². The molecule has 8 rings (SSSR count). The van der Waals surface area contributed by atoms with Crippen molar-refractivity contribution in [1.82, 2.24) is 19.4 Å². The molecule has 0 saturated carbocycles. The van der Waals surface area contributed by atoms with E-state index >= 15 is 0 Å². The number of benzene rings is 4. The molecule has 284 valence electrons. The Kier molecular flexibility index (Phi) is 10.6. The summed E-state index contributed by atoms with van der Waals surface area (Å²) in [5, 5.41) is 5.58. The molecule has 8 heteroatoms. The molecule has 1 amide bonds. The molecule has 0 bridgehead atoms. The molecular weight excluding hydrogens is 685 g/mol. The Morgan fingerprint density at radius 3 is 1.67 bits per heavy atom. The van der Waals surface area contributed by atoms with Crippen molar-refractivity contribution >= 4 is 39.5 Å². The highest BCUT2D eigenvalue weighted by Crippen LogP contribution is 2.39. The molecular formula is C47H52N4O4. The van der Waals surface area contributed by atoms with Gasteiger partial charge in [0.25, 0.3) is 0 Å². The fourth-order valence-corrected chi connectivity index (χ4v) is 8.36. The van der Waals surface area contributed by atoms with Crippen molar-refractivity contribution in [3.8, 4) is 0 Å². The van der Waals surface area contributed by atoms with Crippen LogP contribution in [0.3, 0.4) is 0 Å². The summed E-state index contributed by atoms with van der Waals surface area (Å²) in [5.74, 6) is 0.357. The molecule has 2 saturated heterocycles. The van der Waals surface area contributed by atoms with Gasteiger partial charge in [-0.25, -0.2) is 4.79 Å². The predicted octanol–water partition coefficient (Wildman–Crippen LogP) is 8.81. The Bertz CT molecular complexity index is 2310. The molecule has 2 atom stereocenters. The second kappa shape index (κ2) is 15.3. The fraction of sp³-hybridized carbons (Fsp3) is 0.340. The van der Waals surface area contributed by atoms with E-state index in [-0.39, 0.29) is 23.1 Å². The third-order valence-corrected chi connectivity index (χ3v) is 11.3. The second-order valence-corrected chi connectivity index (χ2v) is 16.5. The first-order valence-electron chi connectivity index (χ1n) is 19.3. The first-order valence-corrected chi connectivity index (χ1v) is 19.3. The quantitative estimate of drug-likeness (QED) is 0.158. The third-order valence-electron chi connectivity index (χ3n) is 11.3. The molecule has 2 aliphatic rings. The van der Waals surface area contributed by atoms with Crippen LogP contribution in [0.4, 0.5) is 4.79 Å². The van der Waals surface area contributed by atoms with Gasteiger partial charge in [0.1, 0.15) is 5.60 Å². The third kappa shape index (κ3) is 8.15. The number of carbonyl (C=O) groups is 3. The number of ether oxygens (including phenoxy) is 1. The van der Waals surface area contributed by atoms with Gasteiger partial charge in [-0.3, -0.25) is 9.59 Å². The first-order chi connectivity index (χ1) is 26.3. The van der Waals surface area contributed by atoms with Crippen LogP contribution in [0.2, 0.25) is 0 Å². The lowest BCUT2D eigenvalue weighted by atomic mass is 9.74. The lowest BCUT2D eigenvalue weighted by Crippen LogP contribution is -2.40. The SMILES string of the molecule is Cn1ccc2cc(C(=O)C3(Cc4ccccc4)CCN(C(=O)OC(C)(C)C)C3)ccc21.Cn1ccc2cc(C(=O)C3(Cc4ccccc4)CCNC3)ccc21. The number of carbonyl (C=O) groups excluding carboxylic acids is 3. The van der Waals surface area contributed by atoms with Gasteiger partial charge in [0, 0.05) is 79.1 Å². The van der Waals surface area contributed by atoms with Crippen LogP contribution < -0.4 is 5.32 Å². The summed E-state index contributed by atoms with van der Waals surface area (Å²) in [6, 6.07) is 36.5. The molecule has 6 aromatic rings. The maximum atomic E-state index is 13.9. The van der Waals surface area contributed by atoms with Crippen LogP contribution in [0.1, 0.15) is 65.5 Å². The highest BCUT2D eigenvalue weighted by atomic mass is 16.6. The van der Waals surface area contributed by atoms with Crippen LogP contribution in [-0.2, 0) is 31.7 Å². The van der Waals surface area contributed by atoms with Gasteiger partial charge in [-0.15, -0.1) is 0 Å². The number of likely N-dealkylation sites (tertiary alicyclic amines) is 1. The Morgan fingerprint density at radius 2 is 1.18 bits per heavy atom. The Hall–Kier alpha value is -5.47. The van der Waals surface area contributed by atoms with E-state index in [0.29, 0.717) is 31.5 Å². The molecule has 1 N–H and O–H groups in total. The van der Waals surface area contributed by atoms with Crippen molar-refractivity contribution in [3.05, 3.63) is 144 Å². The van der Waals surface area contributed by atoms with Crippen molar-refractivity contribution < 1.29 is 19.1 Å². The highest BCUT2D eigenvalue weighted by Gasteiger charge is 2.47. The van der Waals surface area contributed by atoms with Gasteiger partial charge in [-0.1, -0.05) is 60.7 Å². The molecule has 2 unspecified atom stereocenters. The van der Waals surface area contributed by atoms with E-state index in [4.69, 9.17) is 4.74 Å². The minimum atomic E-state index is -0.666. The molecule has 2 aromatic heterocycles. The lowest BCUT2D eigenvalue weighted by molar-refractivity contribution is 0.0274. The summed E-state index contributed by atoms with van der Waals surface area (Å²) < 4.78 is 9.71. The van der Waals surface area contributed by atoms with Gasteiger partial charge in [-0.2, -0.15) is 0 Å². The van der Waals surface area contributed by atoms with Gasteiger partial charge in [0.05, 0.1) is 10.8 Å². The molecule has 4 aromatic carbocycles. The standard InChI is InChI=1S/C26H30N2O3.C21H22N2O/c1-25(2,3)31-24(30)28-15-13-26(18-28,17-19-8-6-5-7-9-19)23(29)21-10-11-22-20(16-21)12-14-27(22)4;1-23-12-9-17-13-18(7-8-19(17)23)20(24)21(10-11-22-15-21)14-16-5-3-2-4-6-16/h5-12,14,16H,13,15,17-18H2,1-4H3;2-9,12-13,22H,10-11,14-15H2,1H3. The molecule has 0 aliphatic carbocycles. The van der Waals surface area contributed by atoms with Crippen LogP contribution in [0.15, 0.2) is 122 Å². The smallest absolute Gasteiger partial charge is 0.410 e. The van der Waals surface area contributed by atoms with Crippen LogP contribution >= 0.6 is 0 Å². The number of Topliss-reactive ketones (excluding diaryl/α,β-unsaturated/α-hetero) is 2. The largest absolute Gasteiger partial charge is 0.444 e. The van der Waals surface area contributed by atoms with Crippen molar-refractivity contribution in [2.75, 3.05) is 26.2 Å². The first kappa shape index (κ1) is 37.8. The zero-order valence-corrected chi connectivity index (χ0v) is 32.7. The molecule has 8 nitrogen and oxygen atoms in total. The number of aromatic nitrogens is 2. The second-order valence-electron chi connectivity index (χ2n) is 16.5. The number of rotatable bonds is 8. The molecule has 2 fully saturated rings. The minimum Gasteiger partial charge on any atom is -0.444 e. The number of nitrogens with zero attached hydrogens (tertiary/aromatic N) is 3. The maximum absolute atomic E-state index is 13.9. The van der Waals surface area contributed by atoms with Crippen molar-refractivity contribution in [3.63, 3.8) is 0 Å². The monoisotopic (exact) mass is 736 g/mol. The summed E-state index contributed by atoms with van der Waals surface area (Å²) >= 11 is 0. The Morgan fingerprint density at radius 1 is 0.673 bits per heavy atom. The molecule has 55 heavy (non-hydrogen) atoms. The summed E-state index contributed by atoms with van der Waals surface area (Å²) in [6.45, 7) is 8.12. The maximum Gasteiger partial charge on any atom is 0.410 e. The Labute approximate surface area is 324 Å². The van der Waals surface area contributed by atoms with Gasteiger partial charge in [-0.05, 0) is 113 Å². The van der Waals surface area contributed by atoms with E-state index in [2.05, 4.69) is 34.1 Å². The Balaban J connectivity index is 0.000000174. The van der Waals surface area contributed by atoms with Crippen LogP contribution in [0.25, 0.3) is 21.8 Å². The number of nitrogens with one attached hydrogen (secondary N) is 1. The van der Waals surface area contributed by atoms with E-state index in [1.807, 2.05) is 137 Å². The number of fused-ring (bicyclic) bond motifs is 2. The molecule has 4 heterocycles. The summed E-state index contributed by atoms with van der Waals surface area (Å²) in [6.07, 6.45) is 6.59. The van der Waals surface area contributed by atoms with Gasteiger partial charge >= 0.3 is 6.09 Å². The summed E-state index contributed by atoms with van der Waals surface area (Å²) in [7, 11) is 4.03. The number of hydrogen-bond donors (Lipinski definition) is 1. The van der Waals surface area contributed by atoms with E-state index < -0.39 is 11.0 Å². The van der Waals surface area contributed by atoms with Crippen LogP contribution in [0, 0.1) is 10.8 Å².